The molecule has 1 heterocycles. The SMILES string of the molecule is CC1C2C1C1(CC2(C)C)C(=O)N(C)C(=O)N1C. The van der Waals surface area contributed by atoms with Crippen LogP contribution in [0.15, 0.2) is 0 Å². The first-order chi connectivity index (χ1) is 7.75. The van der Waals surface area contributed by atoms with Crippen LogP contribution < -0.4 is 0 Å². The van der Waals surface area contributed by atoms with E-state index >= 15 is 0 Å². The van der Waals surface area contributed by atoms with Gasteiger partial charge in [0.15, 0.2) is 0 Å². The second-order valence-corrected chi connectivity index (χ2v) is 6.71. The maximum atomic E-state index is 12.5. The highest BCUT2D eigenvalue weighted by Gasteiger charge is 2.77. The second-order valence-electron chi connectivity index (χ2n) is 6.71. The van der Waals surface area contributed by atoms with Crippen LogP contribution in [0, 0.1) is 23.2 Å². The lowest BCUT2D eigenvalue weighted by Gasteiger charge is -2.34. The minimum absolute atomic E-state index is 0.00919. The minimum Gasteiger partial charge on any atom is -0.312 e. The molecule has 3 amide bonds. The van der Waals surface area contributed by atoms with Crippen molar-refractivity contribution in [2.75, 3.05) is 14.1 Å². The summed E-state index contributed by atoms with van der Waals surface area (Å²) < 4.78 is 0. The number of carbonyl (C=O) groups is 2. The van der Waals surface area contributed by atoms with Gasteiger partial charge >= 0.3 is 6.03 Å². The van der Waals surface area contributed by atoms with Crippen molar-refractivity contribution in [2.45, 2.75) is 32.7 Å². The average Bonchev–Trinajstić information content (AvgIpc) is 2.82. The average molecular weight is 236 g/mol. The second kappa shape index (κ2) is 2.68. The van der Waals surface area contributed by atoms with Crippen LogP contribution in [0.3, 0.4) is 0 Å². The molecule has 4 unspecified atom stereocenters. The van der Waals surface area contributed by atoms with Gasteiger partial charge in [-0.2, -0.15) is 0 Å². The van der Waals surface area contributed by atoms with Crippen LogP contribution in [0.4, 0.5) is 4.79 Å². The van der Waals surface area contributed by atoms with Crippen LogP contribution in [-0.2, 0) is 4.79 Å². The Hall–Kier alpha value is -1.06. The predicted molar refractivity (Wildman–Crippen MR) is 63.2 cm³/mol. The molecule has 94 valence electrons. The number of carbonyl (C=O) groups excluding carboxylic acids is 2. The monoisotopic (exact) mass is 236 g/mol. The Balaban J connectivity index is 2.09. The van der Waals surface area contributed by atoms with Gasteiger partial charge in [0.2, 0.25) is 0 Å². The van der Waals surface area contributed by atoms with E-state index in [1.54, 1.807) is 19.0 Å². The molecule has 0 radical (unpaired) electrons. The van der Waals surface area contributed by atoms with E-state index in [1.165, 1.54) is 4.90 Å². The number of rotatable bonds is 0. The number of likely N-dealkylation sites (N-methyl/N-ethyl adjacent to an activating group) is 2. The first-order valence-corrected chi connectivity index (χ1v) is 6.31. The fourth-order valence-corrected chi connectivity index (χ4v) is 4.80. The zero-order chi connectivity index (χ0) is 12.7. The van der Waals surface area contributed by atoms with Gasteiger partial charge in [-0.1, -0.05) is 20.8 Å². The molecule has 1 spiro atoms. The fraction of sp³-hybridized carbons (Fsp3) is 0.846. The van der Waals surface area contributed by atoms with Crippen molar-refractivity contribution in [1.82, 2.24) is 9.80 Å². The number of amides is 3. The third-order valence-electron chi connectivity index (χ3n) is 5.41. The smallest absolute Gasteiger partial charge is 0.312 e. The van der Waals surface area contributed by atoms with E-state index in [-0.39, 0.29) is 17.4 Å². The Morgan fingerprint density at radius 3 is 2.12 bits per heavy atom. The molecule has 0 aromatic carbocycles. The van der Waals surface area contributed by atoms with Crippen molar-refractivity contribution in [3.63, 3.8) is 0 Å². The fourth-order valence-electron chi connectivity index (χ4n) is 4.80. The molecule has 4 atom stereocenters. The maximum absolute atomic E-state index is 12.5. The van der Waals surface area contributed by atoms with Crippen molar-refractivity contribution < 1.29 is 9.59 Å². The van der Waals surface area contributed by atoms with Gasteiger partial charge in [-0.05, 0) is 29.6 Å². The zero-order valence-corrected chi connectivity index (χ0v) is 11.2. The molecule has 0 aromatic rings. The summed E-state index contributed by atoms with van der Waals surface area (Å²) in [7, 11) is 3.39. The topological polar surface area (TPSA) is 40.6 Å². The highest BCUT2D eigenvalue weighted by molar-refractivity contribution is 6.07. The van der Waals surface area contributed by atoms with E-state index in [4.69, 9.17) is 0 Å². The normalized spacial score (nSPS) is 47.0. The summed E-state index contributed by atoms with van der Waals surface area (Å²) in [6.07, 6.45) is 0.811. The molecule has 2 saturated carbocycles. The Kier molecular flexibility index (Phi) is 1.74. The number of fused-ring (bicyclic) bond motifs is 2. The van der Waals surface area contributed by atoms with Gasteiger partial charge in [-0.25, -0.2) is 4.79 Å². The summed E-state index contributed by atoms with van der Waals surface area (Å²) >= 11 is 0. The van der Waals surface area contributed by atoms with E-state index in [0.29, 0.717) is 17.8 Å². The van der Waals surface area contributed by atoms with Crippen molar-refractivity contribution in [1.29, 1.82) is 0 Å². The van der Waals surface area contributed by atoms with Gasteiger partial charge in [0.25, 0.3) is 5.91 Å². The van der Waals surface area contributed by atoms with E-state index < -0.39 is 5.54 Å². The number of urea groups is 1. The zero-order valence-electron chi connectivity index (χ0n) is 11.2. The van der Waals surface area contributed by atoms with Crippen LogP contribution in [0.5, 0.6) is 0 Å². The third-order valence-corrected chi connectivity index (χ3v) is 5.41. The third kappa shape index (κ3) is 0.964. The van der Waals surface area contributed by atoms with Gasteiger partial charge in [0.1, 0.15) is 5.54 Å². The van der Waals surface area contributed by atoms with Crippen molar-refractivity contribution in [3.8, 4) is 0 Å². The van der Waals surface area contributed by atoms with Crippen LogP contribution in [0.25, 0.3) is 0 Å². The number of hydrogen-bond acceptors (Lipinski definition) is 2. The van der Waals surface area contributed by atoms with Crippen molar-refractivity contribution >= 4 is 11.9 Å². The lowest BCUT2D eigenvalue weighted by atomic mass is 9.78. The maximum Gasteiger partial charge on any atom is 0.327 e. The Morgan fingerprint density at radius 1 is 1.18 bits per heavy atom. The number of hydrogen-bond donors (Lipinski definition) is 0. The summed E-state index contributed by atoms with van der Waals surface area (Å²) in [6.45, 7) is 6.67. The molecule has 1 aliphatic heterocycles. The standard InChI is InChI=1S/C13H20N2O2/c1-7-8-9(7)13(6-12(8,2)3)10(16)14(4)11(17)15(13)5/h7-9H,6H2,1-5H3. The summed E-state index contributed by atoms with van der Waals surface area (Å²) in [5.41, 5.74) is -0.376. The predicted octanol–water partition coefficient (Wildman–Crippen LogP) is 1.56. The van der Waals surface area contributed by atoms with Crippen LogP contribution in [-0.4, -0.2) is 41.4 Å². The lowest BCUT2D eigenvalue weighted by Crippen LogP contribution is -2.50. The van der Waals surface area contributed by atoms with Crippen LogP contribution in [0.1, 0.15) is 27.2 Å². The van der Waals surface area contributed by atoms with Gasteiger partial charge in [-0.15, -0.1) is 0 Å². The largest absolute Gasteiger partial charge is 0.327 e. The van der Waals surface area contributed by atoms with Gasteiger partial charge in [0.05, 0.1) is 0 Å². The molecule has 1 saturated heterocycles. The molecule has 4 nitrogen and oxygen atoms in total. The van der Waals surface area contributed by atoms with Gasteiger partial charge < -0.3 is 4.90 Å². The molecule has 3 aliphatic rings. The first kappa shape index (κ1) is 11.1. The molecule has 0 N–H and O–H groups in total. The van der Waals surface area contributed by atoms with Crippen molar-refractivity contribution in [2.24, 2.45) is 23.2 Å². The molecule has 17 heavy (non-hydrogen) atoms. The number of nitrogens with zero attached hydrogens (tertiary/aromatic N) is 2. The Labute approximate surface area is 102 Å². The summed E-state index contributed by atoms with van der Waals surface area (Å²) in [4.78, 5) is 27.5. The van der Waals surface area contributed by atoms with E-state index in [9.17, 15) is 9.59 Å². The molecule has 2 aliphatic carbocycles. The van der Waals surface area contributed by atoms with Crippen LogP contribution >= 0.6 is 0 Å². The van der Waals surface area contributed by atoms with Crippen molar-refractivity contribution in [3.05, 3.63) is 0 Å². The number of imide groups is 1. The van der Waals surface area contributed by atoms with Gasteiger partial charge in [-0.3, -0.25) is 9.69 Å². The van der Waals surface area contributed by atoms with Crippen LogP contribution in [0.2, 0.25) is 0 Å². The Morgan fingerprint density at radius 2 is 1.76 bits per heavy atom. The minimum atomic E-state index is -0.542. The van der Waals surface area contributed by atoms with E-state index in [0.717, 1.165) is 6.42 Å². The first-order valence-electron chi connectivity index (χ1n) is 6.31. The molecule has 4 heteroatoms. The Bertz CT molecular complexity index is 431. The van der Waals surface area contributed by atoms with E-state index in [2.05, 4.69) is 20.8 Å². The highest BCUT2D eigenvalue weighted by atomic mass is 16.2. The summed E-state index contributed by atoms with van der Waals surface area (Å²) in [5, 5.41) is 0. The van der Waals surface area contributed by atoms with E-state index in [1.807, 2.05) is 0 Å². The molecule has 0 bridgehead atoms. The molecule has 3 fully saturated rings. The lowest BCUT2D eigenvalue weighted by molar-refractivity contribution is -0.133. The quantitative estimate of drug-likeness (QED) is 0.599. The summed E-state index contributed by atoms with van der Waals surface area (Å²) in [5.74, 6) is 1.52. The molecular formula is C13H20N2O2. The molecule has 3 rings (SSSR count). The highest BCUT2D eigenvalue weighted by Crippen LogP contribution is 2.72. The summed E-state index contributed by atoms with van der Waals surface area (Å²) in [6, 6.07) is -0.148. The molecular weight excluding hydrogens is 216 g/mol. The molecule has 0 aromatic heterocycles. The van der Waals surface area contributed by atoms with Gasteiger partial charge in [0, 0.05) is 14.1 Å².